The Kier molecular flexibility index (Phi) is 5.26. The lowest BCUT2D eigenvalue weighted by Crippen LogP contribution is -2.37. The standard InChI is InChI=1S/C18H17F3N4O/c19-18(20,21)15-4-2-7-23-16(15)25-9-5-13(6-10-25)12-26-17-14(11-22)3-1-8-24-17/h1-4,7-8,13H,5-6,9-10,12H2. The third-order valence-corrected chi connectivity index (χ3v) is 4.35. The molecule has 2 aromatic rings. The van der Waals surface area contributed by atoms with Gasteiger partial charge in [0.1, 0.15) is 17.5 Å². The van der Waals surface area contributed by atoms with E-state index in [1.54, 1.807) is 23.2 Å². The molecule has 26 heavy (non-hydrogen) atoms. The van der Waals surface area contributed by atoms with Crippen molar-refractivity contribution in [1.29, 1.82) is 5.26 Å². The van der Waals surface area contributed by atoms with E-state index in [0.717, 1.165) is 6.07 Å². The summed E-state index contributed by atoms with van der Waals surface area (Å²) in [6, 6.07) is 7.67. The van der Waals surface area contributed by atoms with Crippen LogP contribution < -0.4 is 9.64 Å². The average molecular weight is 362 g/mol. The summed E-state index contributed by atoms with van der Waals surface area (Å²) in [7, 11) is 0. The van der Waals surface area contributed by atoms with Crippen LogP contribution >= 0.6 is 0 Å². The van der Waals surface area contributed by atoms with Gasteiger partial charge in [-0.15, -0.1) is 0 Å². The predicted molar refractivity (Wildman–Crippen MR) is 88.6 cm³/mol. The second-order valence-corrected chi connectivity index (χ2v) is 6.08. The van der Waals surface area contributed by atoms with Gasteiger partial charge in [-0.2, -0.15) is 18.4 Å². The summed E-state index contributed by atoms with van der Waals surface area (Å²) >= 11 is 0. The van der Waals surface area contributed by atoms with Gasteiger partial charge in [-0.3, -0.25) is 0 Å². The van der Waals surface area contributed by atoms with E-state index < -0.39 is 11.7 Å². The lowest BCUT2D eigenvalue weighted by molar-refractivity contribution is -0.137. The number of rotatable bonds is 4. The molecular weight excluding hydrogens is 345 g/mol. The summed E-state index contributed by atoms with van der Waals surface area (Å²) in [5.74, 6) is 0.468. The monoisotopic (exact) mass is 362 g/mol. The summed E-state index contributed by atoms with van der Waals surface area (Å²) in [6.07, 6.45) is -0.121. The van der Waals surface area contributed by atoms with Gasteiger partial charge in [-0.1, -0.05) is 0 Å². The maximum atomic E-state index is 13.1. The van der Waals surface area contributed by atoms with E-state index in [0.29, 0.717) is 44.0 Å². The first-order valence-electron chi connectivity index (χ1n) is 8.24. The SMILES string of the molecule is N#Cc1cccnc1OCC1CCN(c2ncccc2C(F)(F)F)CC1. The molecule has 0 unspecified atom stereocenters. The molecule has 0 amide bonds. The van der Waals surface area contributed by atoms with Crippen LogP contribution in [0.25, 0.3) is 0 Å². The van der Waals surface area contributed by atoms with E-state index in [1.807, 2.05) is 6.07 Å². The van der Waals surface area contributed by atoms with E-state index >= 15 is 0 Å². The third-order valence-electron chi connectivity index (χ3n) is 4.35. The first-order valence-corrected chi connectivity index (χ1v) is 8.24. The molecule has 1 fully saturated rings. The molecule has 1 aliphatic rings. The highest BCUT2D eigenvalue weighted by Crippen LogP contribution is 2.36. The number of ether oxygens (including phenoxy) is 1. The van der Waals surface area contributed by atoms with Crippen molar-refractivity contribution in [2.24, 2.45) is 5.92 Å². The highest BCUT2D eigenvalue weighted by atomic mass is 19.4. The van der Waals surface area contributed by atoms with Crippen LogP contribution in [0.15, 0.2) is 36.7 Å². The maximum absolute atomic E-state index is 13.1. The first kappa shape index (κ1) is 18.0. The fraction of sp³-hybridized carbons (Fsp3) is 0.389. The Bertz CT molecular complexity index is 796. The fourth-order valence-corrected chi connectivity index (χ4v) is 2.97. The minimum atomic E-state index is -4.42. The smallest absolute Gasteiger partial charge is 0.419 e. The van der Waals surface area contributed by atoms with E-state index in [-0.39, 0.29) is 11.7 Å². The Morgan fingerprint density at radius 1 is 1.15 bits per heavy atom. The molecule has 2 aromatic heterocycles. The van der Waals surface area contributed by atoms with Crippen molar-refractivity contribution >= 4 is 5.82 Å². The Labute approximate surface area is 149 Å². The summed E-state index contributed by atoms with van der Waals surface area (Å²) in [4.78, 5) is 9.65. The van der Waals surface area contributed by atoms with Crippen molar-refractivity contribution in [2.75, 3.05) is 24.6 Å². The van der Waals surface area contributed by atoms with Gasteiger partial charge in [-0.05, 0) is 43.0 Å². The van der Waals surface area contributed by atoms with Gasteiger partial charge in [0.25, 0.3) is 0 Å². The number of halogens is 3. The van der Waals surface area contributed by atoms with E-state index in [1.165, 1.54) is 12.3 Å². The van der Waals surface area contributed by atoms with Gasteiger partial charge < -0.3 is 9.64 Å². The van der Waals surface area contributed by atoms with Crippen molar-refractivity contribution < 1.29 is 17.9 Å². The van der Waals surface area contributed by atoms with E-state index in [2.05, 4.69) is 9.97 Å². The summed E-state index contributed by atoms with van der Waals surface area (Å²) in [6.45, 7) is 1.33. The van der Waals surface area contributed by atoms with Crippen LogP contribution in [0.3, 0.4) is 0 Å². The number of alkyl halides is 3. The second-order valence-electron chi connectivity index (χ2n) is 6.08. The van der Waals surface area contributed by atoms with Crippen LogP contribution in [-0.4, -0.2) is 29.7 Å². The Hall–Kier alpha value is -2.82. The van der Waals surface area contributed by atoms with E-state index in [4.69, 9.17) is 10.00 Å². The van der Waals surface area contributed by atoms with Gasteiger partial charge in [0.2, 0.25) is 5.88 Å². The minimum Gasteiger partial charge on any atom is -0.476 e. The first-order chi connectivity index (χ1) is 12.5. The molecule has 0 radical (unpaired) electrons. The number of aromatic nitrogens is 2. The van der Waals surface area contributed by atoms with Crippen molar-refractivity contribution in [3.8, 4) is 11.9 Å². The molecule has 0 saturated carbocycles. The highest BCUT2D eigenvalue weighted by Gasteiger charge is 2.36. The van der Waals surface area contributed by atoms with Crippen LogP contribution in [0.4, 0.5) is 19.0 Å². The Morgan fingerprint density at radius 3 is 2.54 bits per heavy atom. The molecule has 3 rings (SSSR count). The molecule has 0 atom stereocenters. The number of pyridine rings is 2. The Balaban J connectivity index is 1.60. The molecule has 1 saturated heterocycles. The van der Waals surface area contributed by atoms with Crippen LogP contribution in [0.1, 0.15) is 24.0 Å². The lowest BCUT2D eigenvalue weighted by Gasteiger charge is -2.33. The molecule has 8 heteroatoms. The molecule has 0 aliphatic carbocycles. The molecular formula is C18H17F3N4O. The zero-order valence-electron chi connectivity index (χ0n) is 13.9. The molecule has 1 aliphatic heterocycles. The maximum Gasteiger partial charge on any atom is 0.419 e. The van der Waals surface area contributed by atoms with Gasteiger partial charge in [0, 0.05) is 25.5 Å². The molecule has 0 aromatic carbocycles. The number of hydrogen-bond acceptors (Lipinski definition) is 5. The van der Waals surface area contributed by atoms with Gasteiger partial charge >= 0.3 is 6.18 Å². The van der Waals surface area contributed by atoms with Crippen LogP contribution in [0.2, 0.25) is 0 Å². The van der Waals surface area contributed by atoms with Crippen molar-refractivity contribution in [3.05, 3.63) is 47.8 Å². The number of nitriles is 1. The van der Waals surface area contributed by atoms with Gasteiger partial charge in [-0.25, -0.2) is 9.97 Å². The lowest BCUT2D eigenvalue weighted by atomic mass is 9.97. The van der Waals surface area contributed by atoms with Crippen molar-refractivity contribution in [2.45, 2.75) is 19.0 Å². The summed E-state index contributed by atoms with van der Waals surface area (Å²) in [5.41, 5.74) is -0.338. The molecule has 0 N–H and O–H groups in total. The number of piperidine rings is 1. The highest BCUT2D eigenvalue weighted by molar-refractivity contribution is 5.48. The predicted octanol–water partition coefficient (Wildman–Crippen LogP) is 3.66. The van der Waals surface area contributed by atoms with Crippen molar-refractivity contribution in [1.82, 2.24) is 9.97 Å². The molecule has 5 nitrogen and oxygen atoms in total. The van der Waals surface area contributed by atoms with E-state index in [9.17, 15) is 13.2 Å². The van der Waals surface area contributed by atoms with Crippen LogP contribution in [0, 0.1) is 17.2 Å². The second kappa shape index (κ2) is 7.60. The molecule has 0 bridgehead atoms. The zero-order chi connectivity index (χ0) is 18.6. The van der Waals surface area contributed by atoms with Crippen molar-refractivity contribution in [3.63, 3.8) is 0 Å². The third kappa shape index (κ3) is 4.04. The fourth-order valence-electron chi connectivity index (χ4n) is 2.97. The topological polar surface area (TPSA) is 62.0 Å². The summed E-state index contributed by atoms with van der Waals surface area (Å²) < 4.78 is 45.1. The largest absolute Gasteiger partial charge is 0.476 e. The molecule has 0 spiro atoms. The normalized spacial score (nSPS) is 15.5. The molecule has 136 valence electrons. The number of hydrogen-bond donors (Lipinski definition) is 0. The number of nitrogens with zero attached hydrogens (tertiary/aromatic N) is 4. The Morgan fingerprint density at radius 2 is 1.85 bits per heavy atom. The zero-order valence-corrected chi connectivity index (χ0v) is 13.9. The molecule has 3 heterocycles. The van der Waals surface area contributed by atoms with Gasteiger partial charge in [0.15, 0.2) is 0 Å². The summed E-state index contributed by atoms with van der Waals surface area (Å²) in [5, 5.41) is 9.03. The number of anilines is 1. The van der Waals surface area contributed by atoms with Gasteiger partial charge in [0.05, 0.1) is 12.2 Å². The quantitative estimate of drug-likeness (QED) is 0.831. The van der Waals surface area contributed by atoms with Crippen LogP contribution in [-0.2, 0) is 6.18 Å². The average Bonchev–Trinajstić information content (AvgIpc) is 2.66. The minimum absolute atomic E-state index is 0.0177. The van der Waals surface area contributed by atoms with Crippen LogP contribution in [0.5, 0.6) is 5.88 Å².